The van der Waals surface area contributed by atoms with Crippen LogP contribution in [0.5, 0.6) is 11.5 Å². The lowest BCUT2D eigenvalue weighted by atomic mass is 10.2. The zero-order valence-corrected chi connectivity index (χ0v) is 14.7. The van der Waals surface area contributed by atoms with Crippen molar-refractivity contribution in [3.8, 4) is 11.5 Å². The summed E-state index contributed by atoms with van der Waals surface area (Å²) in [7, 11) is 0. The van der Waals surface area contributed by atoms with Crippen LogP contribution in [-0.4, -0.2) is 20.3 Å². The van der Waals surface area contributed by atoms with Crippen LogP contribution in [0.15, 0.2) is 73.4 Å². The van der Waals surface area contributed by atoms with Gasteiger partial charge >= 0.3 is 5.97 Å². The third-order valence-electron chi connectivity index (χ3n) is 4.22. The normalized spacial score (nSPS) is 10.7. The van der Waals surface area contributed by atoms with Crippen LogP contribution < -0.4 is 4.74 Å². The highest BCUT2D eigenvalue weighted by Gasteiger charge is 2.13. The molecule has 0 bridgehead atoms. The molecule has 134 valence electrons. The highest BCUT2D eigenvalue weighted by atomic mass is 16.5. The number of ether oxygens (including phenoxy) is 2. The van der Waals surface area contributed by atoms with E-state index >= 15 is 0 Å². The number of hydrogen-bond donors (Lipinski definition) is 0. The number of pyridine rings is 2. The average Bonchev–Trinajstić information content (AvgIpc) is 3.18. The zero-order chi connectivity index (χ0) is 18.6. The Labute approximate surface area is 156 Å². The second-order valence-corrected chi connectivity index (χ2v) is 6.03. The average molecular weight is 359 g/mol. The maximum atomic E-state index is 12.4. The molecule has 27 heavy (non-hydrogen) atoms. The van der Waals surface area contributed by atoms with Gasteiger partial charge < -0.3 is 13.9 Å². The van der Waals surface area contributed by atoms with Crippen LogP contribution in [0.4, 0.5) is 0 Å². The Hall–Kier alpha value is -3.67. The minimum Gasteiger partial charge on any atom is -0.457 e. The highest BCUT2D eigenvalue weighted by molar-refractivity contribution is 5.91. The largest absolute Gasteiger partial charge is 0.457 e. The first kappa shape index (κ1) is 16.8. The lowest BCUT2D eigenvalue weighted by Crippen LogP contribution is -2.09. The fraction of sp³-hybridized carbons (Fsp3) is 0.0952. The maximum Gasteiger partial charge on any atom is 0.340 e. The molecule has 0 N–H and O–H groups in total. The van der Waals surface area contributed by atoms with E-state index in [4.69, 9.17) is 9.47 Å². The molecule has 0 amide bonds. The summed E-state index contributed by atoms with van der Waals surface area (Å²) in [6.45, 7) is 2.06. The molecule has 0 aliphatic carbocycles. The maximum absolute atomic E-state index is 12.4. The van der Waals surface area contributed by atoms with Gasteiger partial charge in [0.1, 0.15) is 18.1 Å². The second kappa shape index (κ2) is 7.29. The number of nitrogens with zero attached hydrogens (tertiary/aromatic N) is 3. The summed E-state index contributed by atoms with van der Waals surface area (Å²) in [5.74, 6) is 1.00. The highest BCUT2D eigenvalue weighted by Crippen LogP contribution is 2.21. The molecular weight excluding hydrogens is 342 g/mol. The molecule has 0 saturated heterocycles. The quantitative estimate of drug-likeness (QED) is 0.500. The third kappa shape index (κ3) is 3.64. The number of esters is 1. The van der Waals surface area contributed by atoms with E-state index in [2.05, 4.69) is 9.97 Å². The van der Waals surface area contributed by atoms with Crippen molar-refractivity contribution in [3.63, 3.8) is 0 Å². The Bertz CT molecular complexity index is 1070. The van der Waals surface area contributed by atoms with Crippen molar-refractivity contribution < 1.29 is 14.3 Å². The van der Waals surface area contributed by atoms with Crippen molar-refractivity contribution in [3.05, 3.63) is 90.3 Å². The molecule has 1 aromatic carbocycles. The molecule has 0 unspecified atom stereocenters. The Morgan fingerprint density at radius 1 is 1.00 bits per heavy atom. The van der Waals surface area contributed by atoms with Gasteiger partial charge in [-0.3, -0.25) is 4.98 Å². The van der Waals surface area contributed by atoms with Crippen molar-refractivity contribution in [1.82, 2.24) is 14.4 Å². The van der Waals surface area contributed by atoms with Crippen LogP contribution in [0.1, 0.15) is 21.6 Å². The van der Waals surface area contributed by atoms with Crippen LogP contribution in [-0.2, 0) is 11.3 Å². The molecule has 0 aliphatic rings. The monoisotopic (exact) mass is 359 g/mol. The molecule has 6 heteroatoms. The van der Waals surface area contributed by atoms with E-state index in [1.807, 2.05) is 53.8 Å². The minimum absolute atomic E-state index is 0.188. The number of carbonyl (C=O) groups excluding carboxylic acids is 1. The van der Waals surface area contributed by atoms with Crippen LogP contribution in [0, 0.1) is 6.92 Å². The van der Waals surface area contributed by atoms with E-state index in [9.17, 15) is 4.79 Å². The van der Waals surface area contributed by atoms with Gasteiger partial charge in [0.15, 0.2) is 0 Å². The molecule has 0 atom stereocenters. The summed E-state index contributed by atoms with van der Waals surface area (Å²) in [4.78, 5) is 20.5. The van der Waals surface area contributed by atoms with E-state index in [1.165, 1.54) is 0 Å². The van der Waals surface area contributed by atoms with Crippen LogP contribution in [0.3, 0.4) is 0 Å². The molecule has 0 aliphatic heterocycles. The van der Waals surface area contributed by atoms with Gasteiger partial charge in [-0.2, -0.15) is 0 Å². The fourth-order valence-electron chi connectivity index (χ4n) is 2.77. The lowest BCUT2D eigenvalue weighted by molar-refractivity contribution is 0.0471. The Morgan fingerprint density at radius 3 is 2.63 bits per heavy atom. The Morgan fingerprint density at radius 2 is 1.85 bits per heavy atom. The van der Waals surface area contributed by atoms with Crippen molar-refractivity contribution >= 4 is 11.5 Å². The van der Waals surface area contributed by atoms with Crippen molar-refractivity contribution in [1.29, 1.82) is 0 Å². The van der Waals surface area contributed by atoms with Crippen LogP contribution in [0.2, 0.25) is 0 Å². The number of rotatable bonds is 5. The Kier molecular flexibility index (Phi) is 4.53. The van der Waals surface area contributed by atoms with Gasteiger partial charge in [-0.15, -0.1) is 0 Å². The standard InChI is InChI=1S/C21H17N3O3/c1-15-20(9-6-17-11-23-14-24(15)17)21(25)26-13-16-4-7-18(8-5-16)27-19-3-2-10-22-12-19/h2-12,14H,13H2,1H3. The zero-order valence-electron chi connectivity index (χ0n) is 14.7. The SMILES string of the molecule is Cc1c(C(=O)OCc2ccc(Oc3cccnc3)cc2)ccc2cncn12. The van der Waals surface area contributed by atoms with E-state index < -0.39 is 0 Å². The first-order valence-corrected chi connectivity index (χ1v) is 8.46. The van der Waals surface area contributed by atoms with Gasteiger partial charge in [0.05, 0.1) is 29.8 Å². The molecule has 0 spiro atoms. The number of carbonyl (C=O) groups is 1. The molecule has 4 aromatic rings. The summed E-state index contributed by atoms with van der Waals surface area (Å²) in [6, 6.07) is 14.7. The minimum atomic E-state index is -0.362. The number of benzene rings is 1. The predicted octanol–water partition coefficient (Wildman–Crippen LogP) is 4.19. The summed E-state index contributed by atoms with van der Waals surface area (Å²) in [5.41, 5.74) is 3.14. The van der Waals surface area contributed by atoms with Gasteiger partial charge in [0.25, 0.3) is 0 Å². The summed E-state index contributed by atoms with van der Waals surface area (Å²) in [5, 5.41) is 0. The lowest BCUT2D eigenvalue weighted by Gasteiger charge is -2.10. The molecule has 3 aromatic heterocycles. The molecule has 3 heterocycles. The van der Waals surface area contributed by atoms with Crippen LogP contribution >= 0.6 is 0 Å². The van der Waals surface area contributed by atoms with Gasteiger partial charge in [-0.25, -0.2) is 9.78 Å². The molecule has 0 radical (unpaired) electrons. The molecule has 0 saturated carbocycles. The number of aryl methyl sites for hydroxylation is 1. The molecule has 4 rings (SSSR count). The van der Waals surface area contributed by atoms with Gasteiger partial charge in [0, 0.05) is 11.9 Å². The van der Waals surface area contributed by atoms with Gasteiger partial charge in [0.2, 0.25) is 0 Å². The number of aromatic nitrogens is 3. The number of fused-ring (bicyclic) bond motifs is 1. The van der Waals surface area contributed by atoms with Gasteiger partial charge in [-0.05, 0) is 48.9 Å². The van der Waals surface area contributed by atoms with Gasteiger partial charge in [-0.1, -0.05) is 12.1 Å². The van der Waals surface area contributed by atoms with Crippen molar-refractivity contribution in [2.24, 2.45) is 0 Å². The smallest absolute Gasteiger partial charge is 0.340 e. The summed E-state index contributed by atoms with van der Waals surface area (Å²) in [6.07, 6.45) is 6.77. The number of imidazole rings is 1. The second-order valence-electron chi connectivity index (χ2n) is 6.03. The van der Waals surface area contributed by atoms with E-state index in [1.54, 1.807) is 31.0 Å². The van der Waals surface area contributed by atoms with Crippen molar-refractivity contribution in [2.45, 2.75) is 13.5 Å². The fourth-order valence-corrected chi connectivity index (χ4v) is 2.77. The van der Waals surface area contributed by atoms with Crippen LogP contribution in [0.25, 0.3) is 5.52 Å². The summed E-state index contributed by atoms with van der Waals surface area (Å²) >= 11 is 0. The predicted molar refractivity (Wildman–Crippen MR) is 99.8 cm³/mol. The molecular formula is C21H17N3O3. The first-order chi connectivity index (χ1) is 13.2. The third-order valence-corrected chi connectivity index (χ3v) is 4.22. The number of hydrogen-bond acceptors (Lipinski definition) is 5. The van der Waals surface area contributed by atoms with E-state index in [0.29, 0.717) is 17.1 Å². The van der Waals surface area contributed by atoms with E-state index in [-0.39, 0.29) is 12.6 Å². The molecule has 6 nitrogen and oxygen atoms in total. The van der Waals surface area contributed by atoms with Crippen molar-refractivity contribution in [2.75, 3.05) is 0 Å². The summed E-state index contributed by atoms with van der Waals surface area (Å²) < 4.78 is 13.0. The first-order valence-electron chi connectivity index (χ1n) is 8.46. The Balaban J connectivity index is 1.40. The topological polar surface area (TPSA) is 65.7 Å². The van der Waals surface area contributed by atoms with E-state index in [0.717, 1.165) is 16.8 Å². The molecule has 0 fully saturated rings.